The minimum atomic E-state index is -0.406. The number of hydrogen-bond acceptors (Lipinski definition) is 2. The highest BCUT2D eigenvalue weighted by Crippen LogP contribution is 2.16. The zero-order valence-corrected chi connectivity index (χ0v) is 13.5. The second-order valence-electron chi connectivity index (χ2n) is 5.12. The molecular formula is C17H26N2O2. The fourth-order valence-electron chi connectivity index (χ4n) is 2.39. The number of likely N-dealkylation sites (N-methyl/N-ethyl adjacent to an activating group) is 1. The first-order valence-electron chi connectivity index (χ1n) is 7.66. The van der Waals surface area contributed by atoms with Gasteiger partial charge in [0.1, 0.15) is 6.04 Å². The van der Waals surface area contributed by atoms with Crippen LogP contribution in [-0.4, -0.2) is 29.3 Å². The quantitative estimate of drug-likeness (QED) is 0.839. The number of hydrogen-bond donors (Lipinski definition) is 1. The van der Waals surface area contributed by atoms with Gasteiger partial charge >= 0.3 is 0 Å². The Morgan fingerprint density at radius 2 is 1.86 bits per heavy atom. The lowest BCUT2D eigenvalue weighted by atomic mass is 10.1. The molecule has 0 radical (unpaired) electrons. The Labute approximate surface area is 127 Å². The lowest BCUT2D eigenvalue weighted by Crippen LogP contribution is -2.48. The van der Waals surface area contributed by atoms with Gasteiger partial charge in [-0.15, -0.1) is 0 Å². The van der Waals surface area contributed by atoms with Crippen LogP contribution in [0, 0.1) is 6.92 Å². The van der Waals surface area contributed by atoms with Gasteiger partial charge in [-0.3, -0.25) is 9.59 Å². The van der Waals surface area contributed by atoms with Gasteiger partial charge in [0.15, 0.2) is 0 Å². The monoisotopic (exact) mass is 290 g/mol. The highest BCUT2D eigenvalue weighted by molar-refractivity contribution is 5.87. The number of nitrogens with one attached hydrogen (secondary N) is 1. The van der Waals surface area contributed by atoms with Crippen LogP contribution in [0.25, 0.3) is 0 Å². The molecule has 1 aromatic rings. The van der Waals surface area contributed by atoms with Crippen molar-refractivity contribution in [1.29, 1.82) is 0 Å². The summed E-state index contributed by atoms with van der Waals surface area (Å²) in [5.74, 6) is -0.0632. The van der Waals surface area contributed by atoms with Crippen LogP contribution in [0.3, 0.4) is 0 Å². The van der Waals surface area contributed by atoms with Crippen LogP contribution in [0.4, 0.5) is 0 Å². The number of amides is 2. The van der Waals surface area contributed by atoms with Gasteiger partial charge in [-0.25, -0.2) is 0 Å². The summed E-state index contributed by atoms with van der Waals surface area (Å²) in [5, 5.41) is 2.82. The molecule has 0 bridgehead atoms. The zero-order chi connectivity index (χ0) is 15.8. The maximum absolute atomic E-state index is 12.3. The van der Waals surface area contributed by atoms with Gasteiger partial charge in [0.25, 0.3) is 0 Å². The van der Waals surface area contributed by atoms with Crippen molar-refractivity contribution < 1.29 is 9.59 Å². The molecule has 2 amide bonds. The molecule has 0 aromatic heterocycles. The molecule has 1 unspecified atom stereocenters. The summed E-state index contributed by atoms with van der Waals surface area (Å²) < 4.78 is 0. The van der Waals surface area contributed by atoms with E-state index >= 15 is 0 Å². The Bertz CT molecular complexity index is 485. The lowest BCUT2D eigenvalue weighted by molar-refractivity contribution is -0.141. The van der Waals surface area contributed by atoms with E-state index in [0.29, 0.717) is 25.9 Å². The van der Waals surface area contributed by atoms with Crippen LogP contribution in [0.2, 0.25) is 0 Å². The molecule has 0 aliphatic rings. The van der Waals surface area contributed by atoms with Gasteiger partial charge in [0.05, 0.1) is 0 Å². The van der Waals surface area contributed by atoms with E-state index < -0.39 is 6.04 Å². The molecule has 0 heterocycles. The molecule has 0 aliphatic carbocycles. The van der Waals surface area contributed by atoms with Crippen molar-refractivity contribution >= 4 is 11.8 Å². The predicted octanol–water partition coefficient (Wildman–Crippen LogP) is 2.65. The molecule has 0 aliphatic heterocycles. The Kier molecular flexibility index (Phi) is 6.92. The van der Waals surface area contributed by atoms with E-state index in [2.05, 4.69) is 5.32 Å². The highest BCUT2D eigenvalue weighted by Gasteiger charge is 2.27. The molecule has 1 rings (SSSR count). The van der Waals surface area contributed by atoms with Gasteiger partial charge in [-0.1, -0.05) is 38.1 Å². The van der Waals surface area contributed by atoms with E-state index in [1.54, 1.807) is 4.90 Å². The average Bonchev–Trinajstić information content (AvgIpc) is 2.48. The van der Waals surface area contributed by atoms with Crippen molar-refractivity contribution in [3.8, 4) is 0 Å². The first-order chi connectivity index (χ1) is 10.0. The molecule has 1 aromatic carbocycles. The van der Waals surface area contributed by atoms with Crippen molar-refractivity contribution in [1.82, 2.24) is 10.2 Å². The summed E-state index contributed by atoms with van der Waals surface area (Å²) in [6.07, 6.45) is 1.02. The third kappa shape index (κ3) is 4.59. The predicted molar refractivity (Wildman–Crippen MR) is 84.8 cm³/mol. The van der Waals surface area contributed by atoms with E-state index in [0.717, 1.165) is 11.1 Å². The number of aryl methyl sites for hydroxylation is 1. The van der Waals surface area contributed by atoms with E-state index in [1.165, 1.54) is 0 Å². The van der Waals surface area contributed by atoms with Crippen molar-refractivity contribution in [3.63, 3.8) is 0 Å². The molecule has 0 saturated carbocycles. The zero-order valence-electron chi connectivity index (χ0n) is 13.5. The van der Waals surface area contributed by atoms with Crippen LogP contribution in [0.15, 0.2) is 24.3 Å². The topological polar surface area (TPSA) is 49.4 Å². The maximum Gasteiger partial charge on any atom is 0.242 e. The van der Waals surface area contributed by atoms with Crippen LogP contribution in [0.1, 0.15) is 44.7 Å². The molecule has 0 saturated heterocycles. The smallest absolute Gasteiger partial charge is 0.242 e. The molecule has 4 nitrogen and oxygen atoms in total. The Morgan fingerprint density at radius 3 is 2.38 bits per heavy atom. The lowest BCUT2D eigenvalue weighted by Gasteiger charge is -2.30. The molecule has 4 heteroatoms. The van der Waals surface area contributed by atoms with E-state index in [4.69, 9.17) is 0 Å². The third-order valence-corrected chi connectivity index (χ3v) is 3.64. The number of benzene rings is 1. The van der Waals surface area contributed by atoms with Crippen molar-refractivity contribution in [2.45, 2.75) is 53.1 Å². The van der Waals surface area contributed by atoms with Gasteiger partial charge < -0.3 is 10.2 Å². The van der Waals surface area contributed by atoms with Crippen LogP contribution in [0.5, 0.6) is 0 Å². The maximum atomic E-state index is 12.3. The van der Waals surface area contributed by atoms with Crippen molar-refractivity contribution in [2.75, 3.05) is 6.54 Å². The van der Waals surface area contributed by atoms with Gasteiger partial charge in [-0.05, 0) is 31.4 Å². The molecule has 21 heavy (non-hydrogen) atoms. The standard InChI is InChI=1S/C17H26N2O2/c1-5-15(17(21)18-7-3)19(16(20)6-2)12-14-11-9-8-10-13(14)4/h8-11,15H,5-7,12H2,1-4H3,(H,18,21). The van der Waals surface area contributed by atoms with Crippen molar-refractivity contribution in [3.05, 3.63) is 35.4 Å². The fraction of sp³-hybridized carbons (Fsp3) is 0.529. The second-order valence-corrected chi connectivity index (χ2v) is 5.12. The first kappa shape index (κ1) is 17.2. The number of carbonyl (C=O) groups excluding carboxylic acids is 2. The summed E-state index contributed by atoms with van der Waals surface area (Å²) in [4.78, 5) is 26.2. The van der Waals surface area contributed by atoms with Crippen LogP contribution >= 0.6 is 0 Å². The van der Waals surface area contributed by atoms with Crippen LogP contribution in [-0.2, 0) is 16.1 Å². The second kappa shape index (κ2) is 8.45. The summed E-state index contributed by atoms with van der Waals surface area (Å²) >= 11 is 0. The minimum absolute atomic E-state index is 0.0105. The summed E-state index contributed by atoms with van der Waals surface area (Å²) in [6.45, 7) is 8.74. The third-order valence-electron chi connectivity index (χ3n) is 3.64. The van der Waals surface area contributed by atoms with E-state index in [1.807, 2.05) is 52.0 Å². The van der Waals surface area contributed by atoms with E-state index in [9.17, 15) is 9.59 Å². The fourth-order valence-corrected chi connectivity index (χ4v) is 2.39. The Morgan fingerprint density at radius 1 is 1.19 bits per heavy atom. The first-order valence-corrected chi connectivity index (χ1v) is 7.66. The van der Waals surface area contributed by atoms with Gasteiger partial charge in [-0.2, -0.15) is 0 Å². The van der Waals surface area contributed by atoms with Gasteiger partial charge in [0, 0.05) is 19.5 Å². The number of nitrogens with zero attached hydrogens (tertiary/aromatic N) is 1. The normalized spacial score (nSPS) is 11.8. The molecule has 0 spiro atoms. The molecule has 0 fully saturated rings. The molecule has 1 atom stereocenters. The molecule has 1 N–H and O–H groups in total. The van der Waals surface area contributed by atoms with Gasteiger partial charge in [0.2, 0.25) is 11.8 Å². The van der Waals surface area contributed by atoms with Crippen molar-refractivity contribution in [2.24, 2.45) is 0 Å². The Hall–Kier alpha value is -1.84. The summed E-state index contributed by atoms with van der Waals surface area (Å²) in [7, 11) is 0. The minimum Gasteiger partial charge on any atom is -0.355 e. The summed E-state index contributed by atoms with van der Waals surface area (Å²) in [6, 6.07) is 7.57. The number of carbonyl (C=O) groups is 2. The SMILES string of the molecule is CCNC(=O)C(CC)N(Cc1ccccc1C)C(=O)CC. The highest BCUT2D eigenvalue weighted by atomic mass is 16.2. The average molecular weight is 290 g/mol. The number of rotatable bonds is 7. The Balaban J connectivity index is 3.02. The largest absolute Gasteiger partial charge is 0.355 e. The van der Waals surface area contributed by atoms with Crippen LogP contribution < -0.4 is 5.32 Å². The summed E-state index contributed by atoms with van der Waals surface area (Å²) in [5.41, 5.74) is 2.22. The van der Waals surface area contributed by atoms with E-state index in [-0.39, 0.29) is 11.8 Å². The molecular weight excluding hydrogens is 264 g/mol. The molecule has 116 valence electrons.